The van der Waals surface area contributed by atoms with Crippen LogP contribution in [0, 0.1) is 0 Å². The van der Waals surface area contributed by atoms with Crippen LogP contribution in [0.3, 0.4) is 0 Å². The van der Waals surface area contributed by atoms with E-state index in [1.165, 1.54) is 48.1 Å². The highest BCUT2D eigenvalue weighted by Crippen LogP contribution is 2.50. The second kappa shape index (κ2) is 8.79. The Balaban J connectivity index is 1.53. The van der Waals surface area contributed by atoms with Gasteiger partial charge in [0.1, 0.15) is 5.82 Å². The molecule has 4 heteroatoms. The summed E-state index contributed by atoms with van der Waals surface area (Å²) in [6.07, 6.45) is 11.6. The van der Waals surface area contributed by atoms with Crippen molar-refractivity contribution in [3.8, 4) is 11.3 Å². The SMILES string of the molecule is O=c1c2c(nc(CSc3ccccc3)n1C1CCCCC1)-c1ccccc1CC21CCCC1. The van der Waals surface area contributed by atoms with Gasteiger partial charge in [0.25, 0.3) is 5.56 Å². The Morgan fingerprint density at radius 3 is 2.42 bits per heavy atom. The van der Waals surface area contributed by atoms with Crippen LogP contribution in [-0.2, 0) is 17.6 Å². The molecule has 0 N–H and O–H groups in total. The van der Waals surface area contributed by atoms with Gasteiger partial charge in [-0.2, -0.15) is 0 Å². The first-order chi connectivity index (χ1) is 16.3. The highest BCUT2D eigenvalue weighted by molar-refractivity contribution is 7.98. The average Bonchev–Trinajstić information content (AvgIpc) is 3.32. The molecule has 2 saturated carbocycles. The Labute approximate surface area is 200 Å². The van der Waals surface area contributed by atoms with E-state index >= 15 is 0 Å². The lowest BCUT2D eigenvalue weighted by atomic mass is 9.68. The molecule has 0 saturated heterocycles. The molecule has 0 atom stereocenters. The van der Waals surface area contributed by atoms with Crippen molar-refractivity contribution in [1.82, 2.24) is 9.55 Å². The summed E-state index contributed by atoms with van der Waals surface area (Å²) in [4.78, 5) is 21.0. The molecule has 0 aliphatic heterocycles. The molecule has 0 unspecified atom stereocenters. The van der Waals surface area contributed by atoms with E-state index in [9.17, 15) is 4.79 Å². The molecule has 1 spiro atoms. The van der Waals surface area contributed by atoms with Crippen LogP contribution >= 0.6 is 11.8 Å². The molecule has 2 aromatic carbocycles. The van der Waals surface area contributed by atoms with E-state index < -0.39 is 0 Å². The Kier molecular flexibility index (Phi) is 5.65. The van der Waals surface area contributed by atoms with Crippen LogP contribution in [0.15, 0.2) is 64.3 Å². The van der Waals surface area contributed by atoms with Gasteiger partial charge < -0.3 is 0 Å². The number of benzene rings is 2. The molecular formula is C29H32N2OS. The van der Waals surface area contributed by atoms with Gasteiger partial charge in [-0.15, -0.1) is 11.8 Å². The van der Waals surface area contributed by atoms with Gasteiger partial charge in [-0.05, 0) is 49.8 Å². The fourth-order valence-electron chi connectivity index (χ4n) is 6.57. The smallest absolute Gasteiger partial charge is 0.258 e. The van der Waals surface area contributed by atoms with Gasteiger partial charge in [-0.1, -0.05) is 74.6 Å². The Morgan fingerprint density at radius 1 is 0.909 bits per heavy atom. The molecule has 33 heavy (non-hydrogen) atoms. The van der Waals surface area contributed by atoms with Crippen LogP contribution in [0.4, 0.5) is 0 Å². The van der Waals surface area contributed by atoms with E-state index in [0.29, 0.717) is 6.04 Å². The summed E-state index contributed by atoms with van der Waals surface area (Å²) in [5, 5.41) is 0. The number of rotatable bonds is 4. The van der Waals surface area contributed by atoms with E-state index in [0.717, 1.165) is 54.9 Å². The molecule has 1 heterocycles. The van der Waals surface area contributed by atoms with Gasteiger partial charge in [-0.3, -0.25) is 9.36 Å². The van der Waals surface area contributed by atoms with E-state index in [1.807, 2.05) is 0 Å². The van der Waals surface area contributed by atoms with E-state index in [4.69, 9.17) is 4.98 Å². The van der Waals surface area contributed by atoms with Gasteiger partial charge >= 0.3 is 0 Å². The number of fused-ring (bicyclic) bond motifs is 4. The van der Waals surface area contributed by atoms with Gasteiger partial charge in [0.2, 0.25) is 0 Å². The zero-order valence-corrected chi connectivity index (χ0v) is 20.1. The summed E-state index contributed by atoms with van der Waals surface area (Å²) in [6.45, 7) is 0. The Bertz CT molecular complexity index is 1200. The Morgan fingerprint density at radius 2 is 1.64 bits per heavy atom. The van der Waals surface area contributed by atoms with Crippen LogP contribution in [-0.4, -0.2) is 9.55 Å². The maximum Gasteiger partial charge on any atom is 0.258 e. The largest absolute Gasteiger partial charge is 0.293 e. The van der Waals surface area contributed by atoms with Crippen LogP contribution in [0.25, 0.3) is 11.3 Å². The minimum absolute atomic E-state index is 0.0186. The topological polar surface area (TPSA) is 34.9 Å². The first-order valence-corrected chi connectivity index (χ1v) is 13.7. The lowest BCUT2D eigenvalue weighted by Crippen LogP contribution is -2.42. The standard InChI is InChI=1S/C29H32N2OS/c32-28-26-27(24-16-8-7-11-21(24)19-29(26)17-9-10-18-29)30-25(20-33-23-14-5-2-6-15-23)31(28)22-12-3-1-4-13-22/h2,5-8,11,14-16,22H,1,3-4,9-10,12-13,17-20H2. The molecule has 3 aliphatic carbocycles. The number of hydrogen-bond acceptors (Lipinski definition) is 3. The van der Waals surface area contributed by atoms with Crippen molar-refractivity contribution in [1.29, 1.82) is 0 Å². The van der Waals surface area contributed by atoms with E-state index in [2.05, 4.69) is 59.2 Å². The third-order valence-electron chi connectivity index (χ3n) is 8.13. The van der Waals surface area contributed by atoms with Gasteiger partial charge in [0.05, 0.1) is 17.0 Å². The molecule has 170 valence electrons. The van der Waals surface area contributed by atoms with Crippen molar-refractivity contribution in [3.63, 3.8) is 0 Å². The van der Waals surface area contributed by atoms with Crippen molar-refractivity contribution in [3.05, 3.63) is 81.9 Å². The quantitative estimate of drug-likeness (QED) is 0.394. The van der Waals surface area contributed by atoms with Gasteiger partial charge in [-0.25, -0.2) is 4.98 Å². The van der Waals surface area contributed by atoms with Crippen LogP contribution in [0.5, 0.6) is 0 Å². The predicted molar refractivity (Wildman–Crippen MR) is 136 cm³/mol. The molecule has 0 bridgehead atoms. The van der Waals surface area contributed by atoms with E-state index in [-0.39, 0.29) is 11.0 Å². The first-order valence-electron chi connectivity index (χ1n) is 12.7. The second-order valence-electron chi connectivity index (χ2n) is 10.1. The second-order valence-corrected chi connectivity index (χ2v) is 11.2. The van der Waals surface area contributed by atoms with Gasteiger partial charge in [0.15, 0.2) is 0 Å². The van der Waals surface area contributed by atoms with Crippen molar-refractivity contribution < 1.29 is 0 Å². The minimum atomic E-state index is -0.0186. The average molecular weight is 457 g/mol. The summed E-state index contributed by atoms with van der Waals surface area (Å²) in [7, 11) is 0. The summed E-state index contributed by atoms with van der Waals surface area (Å²) in [5.41, 5.74) is 4.83. The normalized spacial score (nSPS) is 19.4. The fourth-order valence-corrected chi connectivity index (χ4v) is 7.42. The third-order valence-corrected chi connectivity index (χ3v) is 9.14. The molecule has 1 aromatic heterocycles. The maximum atomic E-state index is 14.4. The number of nitrogens with zero attached hydrogens (tertiary/aromatic N) is 2. The lowest BCUT2D eigenvalue weighted by Gasteiger charge is -2.37. The van der Waals surface area contributed by atoms with Crippen molar-refractivity contribution in [2.24, 2.45) is 0 Å². The highest BCUT2D eigenvalue weighted by atomic mass is 32.2. The van der Waals surface area contributed by atoms with Crippen LogP contribution in [0.2, 0.25) is 0 Å². The Hall–Kier alpha value is -2.33. The molecule has 3 aromatic rings. The molecule has 0 radical (unpaired) electrons. The van der Waals surface area contributed by atoms with Gasteiger partial charge in [0, 0.05) is 21.9 Å². The summed E-state index contributed by atoms with van der Waals surface area (Å²) in [5.74, 6) is 1.70. The number of hydrogen-bond donors (Lipinski definition) is 0. The molecular weight excluding hydrogens is 424 g/mol. The molecule has 2 fully saturated rings. The summed E-state index contributed by atoms with van der Waals surface area (Å²) >= 11 is 1.79. The fraction of sp³-hybridized carbons (Fsp3) is 0.448. The summed E-state index contributed by atoms with van der Waals surface area (Å²) in [6, 6.07) is 19.5. The van der Waals surface area contributed by atoms with Crippen molar-refractivity contribution in [2.45, 2.75) is 86.3 Å². The number of aromatic nitrogens is 2. The minimum Gasteiger partial charge on any atom is -0.293 e. The maximum absolute atomic E-state index is 14.4. The zero-order valence-electron chi connectivity index (χ0n) is 19.3. The monoisotopic (exact) mass is 456 g/mol. The summed E-state index contributed by atoms with van der Waals surface area (Å²) < 4.78 is 2.15. The lowest BCUT2D eigenvalue weighted by molar-refractivity contribution is 0.329. The zero-order chi connectivity index (χ0) is 22.3. The third kappa shape index (κ3) is 3.77. The van der Waals surface area contributed by atoms with E-state index in [1.54, 1.807) is 11.8 Å². The molecule has 0 amide bonds. The molecule has 3 aliphatic rings. The first kappa shape index (κ1) is 21.2. The molecule has 3 nitrogen and oxygen atoms in total. The molecule has 6 rings (SSSR count). The highest BCUT2D eigenvalue weighted by Gasteiger charge is 2.45. The van der Waals surface area contributed by atoms with Crippen molar-refractivity contribution in [2.75, 3.05) is 0 Å². The van der Waals surface area contributed by atoms with Crippen LogP contribution in [0.1, 0.15) is 80.8 Å². The van der Waals surface area contributed by atoms with Crippen LogP contribution < -0.4 is 5.56 Å². The number of thioether (sulfide) groups is 1. The predicted octanol–water partition coefficient (Wildman–Crippen LogP) is 7.08. The van der Waals surface area contributed by atoms with Crippen molar-refractivity contribution >= 4 is 11.8 Å².